The molecule has 140 valence electrons. The molecule has 1 heterocycles. The van der Waals surface area contributed by atoms with Crippen molar-refractivity contribution in [3.8, 4) is 0 Å². The zero-order valence-corrected chi connectivity index (χ0v) is 15.5. The lowest BCUT2D eigenvalue weighted by atomic mass is 10.1. The van der Waals surface area contributed by atoms with Crippen molar-refractivity contribution in [2.75, 3.05) is 20.6 Å². The molecule has 1 aromatic heterocycles. The number of carbonyl (C=O) groups is 2. The van der Waals surface area contributed by atoms with Crippen molar-refractivity contribution in [3.63, 3.8) is 0 Å². The predicted molar refractivity (Wildman–Crippen MR) is 93.8 cm³/mol. The van der Waals surface area contributed by atoms with Gasteiger partial charge in [0.1, 0.15) is 5.76 Å². The number of carboxylic acids is 1. The van der Waals surface area contributed by atoms with Crippen LogP contribution in [0.25, 0.3) is 0 Å². The number of carboxylic acid groups (broad SMARTS) is 1. The summed E-state index contributed by atoms with van der Waals surface area (Å²) in [6, 6.07) is 7.57. The fraction of sp³-hybridized carbons (Fsp3) is 0.294. The molecule has 0 saturated carbocycles. The van der Waals surface area contributed by atoms with Gasteiger partial charge in [-0.15, -0.1) is 0 Å². The van der Waals surface area contributed by atoms with Crippen molar-refractivity contribution < 1.29 is 27.5 Å². The molecular weight excluding hydrogens is 360 g/mol. The van der Waals surface area contributed by atoms with Crippen molar-refractivity contribution >= 4 is 21.9 Å². The molecule has 26 heavy (non-hydrogen) atoms. The molecule has 0 bridgehead atoms. The molecule has 2 aromatic rings. The SMILES string of the molecule is Cc1oc(S(=O)(=O)N(C)C)cc1C(=O)NCCc1ccc(C(=O)O)cc1. The summed E-state index contributed by atoms with van der Waals surface area (Å²) in [5.41, 5.74) is 1.23. The summed E-state index contributed by atoms with van der Waals surface area (Å²) in [4.78, 5) is 23.1. The summed E-state index contributed by atoms with van der Waals surface area (Å²) in [5, 5.41) is 11.3. The van der Waals surface area contributed by atoms with Crippen LogP contribution in [0.4, 0.5) is 0 Å². The van der Waals surface area contributed by atoms with Gasteiger partial charge in [0.05, 0.1) is 11.1 Å². The van der Waals surface area contributed by atoms with Crippen LogP contribution in [0, 0.1) is 6.92 Å². The lowest BCUT2D eigenvalue weighted by Crippen LogP contribution is -2.26. The highest BCUT2D eigenvalue weighted by molar-refractivity contribution is 7.88. The van der Waals surface area contributed by atoms with E-state index in [1.54, 1.807) is 12.1 Å². The Kier molecular flexibility index (Phi) is 5.83. The van der Waals surface area contributed by atoms with E-state index >= 15 is 0 Å². The van der Waals surface area contributed by atoms with Crippen molar-refractivity contribution in [1.82, 2.24) is 9.62 Å². The minimum atomic E-state index is -3.75. The van der Waals surface area contributed by atoms with Crippen LogP contribution < -0.4 is 5.32 Å². The number of aryl methyl sites for hydroxylation is 1. The Bertz CT molecular complexity index is 913. The number of furan rings is 1. The van der Waals surface area contributed by atoms with E-state index in [0.717, 1.165) is 9.87 Å². The van der Waals surface area contributed by atoms with Gasteiger partial charge in [-0.3, -0.25) is 4.79 Å². The second-order valence-corrected chi connectivity index (χ2v) is 7.91. The Balaban J connectivity index is 2.00. The van der Waals surface area contributed by atoms with E-state index in [1.807, 2.05) is 0 Å². The number of rotatable bonds is 7. The molecule has 2 N–H and O–H groups in total. The van der Waals surface area contributed by atoms with E-state index in [2.05, 4.69) is 5.32 Å². The third kappa shape index (κ3) is 4.30. The van der Waals surface area contributed by atoms with Crippen LogP contribution >= 0.6 is 0 Å². The van der Waals surface area contributed by atoms with Gasteiger partial charge in [0.2, 0.25) is 5.09 Å². The van der Waals surface area contributed by atoms with E-state index in [4.69, 9.17) is 9.52 Å². The van der Waals surface area contributed by atoms with Crippen molar-refractivity contribution in [3.05, 3.63) is 52.8 Å². The molecule has 0 radical (unpaired) electrons. The molecule has 0 aliphatic carbocycles. The maximum absolute atomic E-state index is 12.3. The van der Waals surface area contributed by atoms with Crippen LogP contribution in [0.1, 0.15) is 32.0 Å². The number of sulfonamides is 1. The quantitative estimate of drug-likeness (QED) is 0.752. The average Bonchev–Trinajstić information content (AvgIpc) is 2.97. The molecule has 0 saturated heterocycles. The molecule has 0 aliphatic rings. The fourth-order valence-electron chi connectivity index (χ4n) is 2.22. The monoisotopic (exact) mass is 380 g/mol. The topological polar surface area (TPSA) is 117 Å². The third-order valence-corrected chi connectivity index (χ3v) is 5.45. The first-order valence-electron chi connectivity index (χ1n) is 7.76. The summed E-state index contributed by atoms with van der Waals surface area (Å²) >= 11 is 0. The Morgan fingerprint density at radius 1 is 1.19 bits per heavy atom. The molecule has 1 amide bonds. The number of nitrogens with zero attached hydrogens (tertiary/aromatic N) is 1. The molecule has 0 atom stereocenters. The van der Waals surface area contributed by atoms with Gasteiger partial charge in [-0.05, 0) is 31.0 Å². The zero-order chi connectivity index (χ0) is 19.5. The van der Waals surface area contributed by atoms with Gasteiger partial charge < -0.3 is 14.8 Å². The molecule has 9 heteroatoms. The number of nitrogens with one attached hydrogen (secondary N) is 1. The van der Waals surface area contributed by atoms with Gasteiger partial charge in [0.15, 0.2) is 0 Å². The second kappa shape index (κ2) is 7.71. The molecule has 1 aromatic carbocycles. The first kappa shape index (κ1) is 19.7. The van der Waals surface area contributed by atoms with Gasteiger partial charge in [0.25, 0.3) is 15.9 Å². The van der Waals surface area contributed by atoms with Gasteiger partial charge in [-0.25, -0.2) is 17.5 Å². The number of hydrogen-bond donors (Lipinski definition) is 2. The maximum atomic E-state index is 12.3. The third-order valence-electron chi connectivity index (χ3n) is 3.77. The highest BCUT2D eigenvalue weighted by Gasteiger charge is 2.25. The summed E-state index contributed by atoms with van der Waals surface area (Å²) in [6.45, 7) is 1.83. The highest BCUT2D eigenvalue weighted by atomic mass is 32.2. The van der Waals surface area contributed by atoms with Gasteiger partial charge in [-0.1, -0.05) is 12.1 Å². The summed E-state index contributed by atoms with van der Waals surface area (Å²) in [7, 11) is -0.993. The Morgan fingerprint density at radius 2 is 1.81 bits per heavy atom. The highest BCUT2D eigenvalue weighted by Crippen LogP contribution is 2.21. The average molecular weight is 380 g/mol. The summed E-state index contributed by atoms with van der Waals surface area (Å²) in [6.07, 6.45) is 0.505. The molecular formula is C17H20N2O6S. The Labute approximate surface area is 151 Å². The molecule has 0 fully saturated rings. The first-order valence-corrected chi connectivity index (χ1v) is 9.20. The zero-order valence-electron chi connectivity index (χ0n) is 14.6. The lowest BCUT2D eigenvalue weighted by Gasteiger charge is -2.07. The van der Waals surface area contributed by atoms with Crippen molar-refractivity contribution in [2.45, 2.75) is 18.4 Å². The van der Waals surface area contributed by atoms with E-state index in [-0.39, 0.29) is 22.0 Å². The molecule has 0 spiro atoms. The van der Waals surface area contributed by atoms with Crippen LogP contribution in [0.5, 0.6) is 0 Å². The Morgan fingerprint density at radius 3 is 2.35 bits per heavy atom. The van der Waals surface area contributed by atoms with Crippen LogP contribution in [0.2, 0.25) is 0 Å². The van der Waals surface area contributed by atoms with Gasteiger partial charge >= 0.3 is 5.97 Å². The number of amides is 1. The minimum absolute atomic E-state index is 0.159. The molecule has 2 rings (SSSR count). The molecule has 0 unspecified atom stereocenters. The van der Waals surface area contributed by atoms with Crippen LogP contribution in [-0.4, -0.2) is 50.3 Å². The van der Waals surface area contributed by atoms with Crippen molar-refractivity contribution in [1.29, 1.82) is 0 Å². The van der Waals surface area contributed by atoms with Crippen molar-refractivity contribution in [2.24, 2.45) is 0 Å². The number of aromatic carboxylic acids is 1. The fourth-order valence-corrected chi connectivity index (χ4v) is 3.07. The van der Waals surface area contributed by atoms with E-state index in [9.17, 15) is 18.0 Å². The predicted octanol–water partition coefficient (Wildman–Crippen LogP) is 1.51. The standard InChI is InChI=1S/C17H20N2O6S/c1-11-14(10-15(25-11)26(23,24)19(2)3)16(20)18-9-8-12-4-6-13(7-5-12)17(21)22/h4-7,10H,8-9H2,1-3H3,(H,18,20)(H,21,22). The van der Waals surface area contributed by atoms with E-state index < -0.39 is 21.9 Å². The normalized spacial score (nSPS) is 11.5. The summed E-state index contributed by atoms with van der Waals surface area (Å²) < 4.78 is 30.3. The first-order chi connectivity index (χ1) is 12.1. The largest absolute Gasteiger partial charge is 0.478 e. The molecule has 8 nitrogen and oxygen atoms in total. The minimum Gasteiger partial charge on any atom is -0.478 e. The second-order valence-electron chi connectivity index (χ2n) is 5.83. The van der Waals surface area contributed by atoms with E-state index in [1.165, 1.54) is 39.2 Å². The lowest BCUT2D eigenvalue weighted by molar-refractivity contribution is 0.0696. The number of benzene rings is 1. The van der Waals surface area contributed by atoms with Crippen LogP contribution in [-0.2, 0) is 16.4 Å². The van der Waals surface area contributed by atoms with E-state index in [0.29, 0.717) is 13.0 Å². The van der Waals surface area contributed by atoms with Gasteiger partial charge in [-0.2, -0.15) is 0 Å². The van der Waals surface area contributed by atoms with Crippen LogP contribution in [0.15, 0.2) is 39.8 Å². The Hall–Kier alpha value is -2.65. The van der Waals surface area contributed by atoms with Gasteiger partial charge in [0, 0.05) is 26.7 Å². The number of carbonyl (C=O) groups excluding carboxylic acids is 1. The maximum Gasteiger partial charge on any atom is 0.335 e. The smallest absolute Gasteiger partial charge is 0.335 e. The molecule has 0 aliphatic heterocycles. The van der Waals surface area contributed by atoms with Crippen LogP contribution in [0.3, 0.4) is 0 Å². The summed E-state index contributed by atoms with van der Waals surface area (Å²) in [5.74, 6) is -1.22. The number of hydrogen-bond acceptors (Lipinski definition) is 5.